The number of fused-ring (bicyclic) bond motifs is 1. The zero-order valence-electron chi connectivity index (χ0n) is 20.5. The van der Waals surface area contributed by atoms with Crippen molar-refractivity contribution in [1.29, 1.82) is 0 Å². The molecule has 2 N–H and O–H groups in total. The van der Waals surface area contributed by atoms with E-state index in [0.717, 1.165) is 17.0 Å². The van der Waals surface area contributed by atoms with Crippen molar-refractivity contribution < 1.29 is 23.1 Å². The molecule has 9 nitrogen and oxygen atoms in total. The first-order valence-electron chi connectivity index (χ1n) is 12.4. The lowest BCUT2D eigenvalue weighted by atomic mass is 9.94. The quantitative estimate of drug-likeness (QED) is 0.442. The summed E-state index contributed by atoms with van der Waals surface area (Å²) >= 11 is 12.5. The number of benzene rings is 2. The van der Waals surface area contributed by atoms with Crippen LogP contribution in [0.4, 0.5) is 5.69 Å². The van der Waals surface area contributed by atoms with Crippen molar-refractivity contribution in [2.24, 2.45) is 0 Å². The Labute approximate surface area is 235 Å². The Hall–Kier alpha value is -3.34. The lowest BCUT2D eigenvalue weighted by Gasteiger charge is -2.27. The summed E-state index contributed by atoms with van der Waals surface area (Å²) in [4.78, 5) is 36.2. The number of carbonyl (C=O) groups is 2. The van der Waals surface area contributed by atoms with Crippen LogP contribution in [0.25, 0.3) is 6.08 Å². The Morgan fingerprint density at radius 3 is 2.51 bits per heavy atom. The van der Waals surface area contributed by atoms with E-state index in [0.29, 0.717) is 30.1 Å². The number of aromatic nitrogens is 2. The van der Waals surface area contributed by atoms with Crippen molar-refractivity contribution in [3.63, 3.8) is 0 Å². The van der Waals surface area contributed by atoms with Crippen LogP contribution in [0, 0.1) is 0 Å². The van der Waals surface area contributed by atoms with Crippen LogP contribution < -0.4 is 4.90 Å². The first-order chi connectivity index (χ1) is 18.6. The minimum absolute atomic E-state index is 0.0350. The van der Waals surface area contributed by atoms with E-state index in [1.165, 1.54) is 11.0 Å². The molecule has 2 fully saturated rings. The molecule has 0 radical (unpaired) electrons. The molecule has 2 aromatic carbocycles. The largest absolute Gasteiger partial charge is 0.480 e. The topological polar surface area (TPSA) is 124 Å². The van der Waals surface area contributed by atoms with Crippen LogP contribution in [0.5, 0.6) is 0 Å². The van der Waals surface area contributed by atoms with Gasteiger partial charge in [-0.2, -0.15) is 0 Å². The number of halogens is 2. The third-order valence-electron chi connectivity index (χ3n) is 7.85. The molecule has 1 amide bonds. The maximum atomic E-state index is 13.7. The molecule has 1 saturated carbocycles. The molecule has 12 heteroatoms. The fraction of sp³-hybridized carbons (Fsp3) is 0.296. The van der Waals surface area contributed by atoms with Crippen LogP contribution in [-0.2, 0) is 31.4 Å². The highest BCUT2D eigenvalue weighted by Crippen LogP contribution is 2.51. The van der Waals surface area contributed by atoms with Crippen molar-refractivity contribution >= 4 is 56.7 Å². The molecule has 1 aliphatic carbocycles. The lowest BCUT2D eigenvalue weighted by Crippen LogP contribution is -2.46. The van der Waals surface area contributed by atoms with Gasteiger partial charge >= 0.3 is 5.97 Å². The summed E-state index contributed by atoms with van der Waals surface area (Å²) in [5.74, 6) is -1.60. The molecule has 3 heterocycles. The molecule has 2 aliphatic heterocycles. The van der Waals surface area contributed by atoms with Crippen LogP contribution in [0.15, 0.2) is 59.9 Å². The minimum Gasteiger partial charge on any atom is -0.480 e. The second-order valence-electron chi connectivity index (χ2n) is 10.1. The number of H-pyrrole nitrogens is 1. The van der Waals surface area contributed by atoms with Crippen LogP contribution in [0.3, 0.4) is 0 Å². The fourth-order valence-electron chi connectivity index (χ4n) is 5.52. The molecule has 1 aromatic heterocycles. The van der Waals surface area contributed by atoms with Gasteiger partial charge in [-0.1, -0.05) is 35.3 Å². The van der Waals surface area contributed by atoms with Gasteiger partial charge in [-0.15, -0.1) is 0 Å². The Kier molecular flexibility index (Phi) is 6.24. The zero-order valence-corrected chi connectivity index (χ0v) is 22.9. The number of nitrogens with zero attached hydrogens (tertiary/aromatic N) is 3. The first-order valence-corrected chi connectivity index (χ1v) is 14.7. The summed E-state index contributed by atoms with van der Waals surface area (Å²) in [6, 6.07) is 10.3. The molecule has 0 bridgehead atoms. The number of hydrogen-bond donors (Lipinski definition) is 2. The molecule has 3 aromatic rings. The summed E-state index contributed by atoms with van der Waals surface area (Å²) in [5, 5.41) is 9.38. The second kappa shape index (κ2) is 9.39. The number of rotatable bonds is 6. The predicted octanol–water partition coefficient (Wildman–Crippen LogP) is 4.27. The number of anilines is 1. The zero-order chi connectivity index (χ0) is 27.5. The third kappa shape index (κ3) is 4.40. The van der Waals surface area contributed by atoms with Crippen LogP contribution >= 0.6 is 23.2 Å². The highest BCUT2D eigenvalue weighted by Gasteiger charge is 2.57. The molecular weight excluding hydrogens is 563 g/mol. The summed E-state index contributed by atoms with van der Waals surface area (Å²) in [6.45, 7) is 0.298. The molecule has 3 aliphatic rings. The van der Waals surface area contributed by atoms with Crippen molar-refractivity contribution in [2.45, 2.75) is 47.4 Å². The number of nitrogens with one attached hydrogen (secondary N) is 1. The van der Waals surface area contributed by atoms with E-state index in [1.807, 2.05) is 17.2 Å². The van der Waals surface area contributed by atoms with Gasteiger partial charge in [-0.3, -0.25) is 4.79 Å². The van der Waals surface area contributed by atoms with Gasteiger partial charge in [0.1, 0.15) is 6.04 Å². The number of hydrogen-bond acceptors (Lipinski definition) is 6. The average Bonchev–Trinajstić information content (AvgIpc) is 3.36. The Bertz CT molecular complexity index is 1610. The average molecular weight is 587 g/mol. The van der Waals surface area contributed by atoms with Crippen molar-refractivity contribution in [3.05, 3.63) is 82.0 Å². The standard InChI is InChI=1S/C27H24Cl2N4O5S/c28-17-3-1-16(2-4-17)27(8-9-27)26(36)33-13-19(12-23(33)25(34)35)39(37,38)24-6-5-18(11-20(24)29)32-10-7-21-22(14-32)31-15-30-21/h1-7,10-11,15,19,23H,8-9,12-14H2,(H,30,31)(H,34,35)/t19-,23+/m1/s1. The predicted molar refractivity (Wildman–Crippen MR) is 146 cm³/mol. The third-order valence-corrected chi connectivity index (χ3v) is 10.7. The van der Waals surface area contributed by atoms with Crippen LogP contribution in [0.1, 0.15) is 36.2 Å². The number of imidazole rings is 1. The van der Waals surface area contributed by atoms with E-state index >= 15 is 0 Å². The van der Waals surface area contributed by atoms with Crippen molar-refractivity contribution in [2.75, 3.05) is 11.4 Å². The number of carboxylic acid groups (broad SMARTS) is 1. The molecule has 6 rings (SSSR count). The van der Waals surface area contributed by atoms with Crippen LogP contribution in [0.2, 0.25) is 10.0 Å². The van der Waals surface area contributed by atoms with Crippen molar-refractivity contribution in [3.8, 4) is 0 Å². The van der Waals surface area contributed by atoms with Gasteiger partial charge in [0.05, 0.1) is 44.8 Å². The Morgan fingerprint density at radius 1 is 1.10 bits per heavy atom. The maximum absolute atomic E-state index is 13.7. The SMILES string of the molecule is O=C(O)[C@@H]1C[C@@H](S(=O)(=O)c2ccc(N3C=Cc4nc[nH]c4C3)cc2Cl)CN1C(=O)C1(c2ccc(Cl)cc2)CC1. The Balaban J connectivity index is 1.25. The van der Waals surface area contributed by atoms with E-state index in [4.69, 9.17) is 23.2 Å². The van der Waals surface area contributed by atoms with E-state index in [2.05, 4.69) is 9.97 Å². The van der Waals surface area contributed by atoms with Gasteiger partial charge in [0.2, 0.25) is 5.91 Å². The van der Waals surface area contributed by atoms with Crippen LogP contribution in [-0.4, -0.2) is 58.1 Å². The lowest BCUT2D eigenvalue weighted by molar-refractivity contribution is -0.149. The molecule has 0 spiro atoms. The maximum Gasteiger partial charge on any atom is 0.326 e. The molecule has 202 valence electrons. The smallest absolute Gasteiger partial charge is 0.326 e. The van der Waals surface area contributed by atoms with E-state index in [9.17, 15) is 23.1 Å². The number of carboxylic acids is 1. The number of likely N-dealkylation sites (tertiary alicyclic amines) is 1. The first kappa shape index (κ1) is 25.9. The number of aliphatic carboxylic acids is 1. The molecule has 2 atom stereocenters. The van der Waals surface area contributed by atoms with Crippen molar-refractivity contribution in [1.82, 2.24) is 14.9 Å². The van der Waals surface area contributed by atoms with Gasteiger partial charge in [-0.05, 0) is 61.2 Å². The van der Waals surface area contributed by atoms with Gasteiger partial charge < -0.3 is 19.9 Å². The molecule has 39 heavy (non-hydrogen) atoms. The highest BCUT2D eigenvalue weighted by molar-refractivity contribution is 7.92. The summed E-state index contributed by atoms with van der Waals surface area (Å²) in [6.07, 6.45) is 6.21. The number of aromatic amines is 1. The highest BCUT2D eigenvalue weighted by atomic mass is 35.5. The van der Waals surface area contributed by atoms with E-state index in [-0.39, 0.29) is 28.8 Å². The monoisotopic (exact) mass is 586 g/mol. The summed E-state index contributed by atoms with van der Waals surface area (Å²) in [7, 11) is -4.04. The van der Waals surface area contributed by atoms with Gasteiger partial charge in [0.15, 0.2) is 9.84 Å². The normalized spacial score (nSPS) is 21.6. The molecule has 1 saturated heterocycles. The number of amides is 1. The summed E-state index contributed by atoms with van der Waals surface area (Å²) in [5.41, 5.74) is 2.36. The molecular formula is C27H24Cl2N4O5S. The molecule has 0 unspecified atom stereocenters. The van der Waals surface area contributed by atoms with E-state index < -0.39 is 32.5 Å². The second-order valence-corrected chi connectivity index (χ2v) is 13.2. The number of sulfone groups is 1. The fourth-order valence-corrected chi connectivity index (χ4v) is 7.88. The summed E-state index contributed by atoms with van der Waals surface area (Å²) < 4.78 is 27.4. The number of carbonyl (C=O) groups excluding carboxylic acids is 1. The van der Waals surface area contributed by atoms with E-state index in [1.54, 1.807) is 42.7 Å². The Morgan fingerprint density at radius 2 is 1.85 bits per heavy atom. The van der Waals surface area contributed by atoms with Gasteiger partial charge in [0.25, 0.3) is 0 Å². The minimum atomic E-state index is -4.04. The van der Waals surface area contributed by atoms with Gasteiger partial charge in [-0.25, -0.2) is 18.2 Å². The van der Waals surface area contributed by atoms with Gasteiger partial charge in [0, 0.05) is 23.5 Å².